The van der Waals surface area contributed by atoms with Crippen molar-refractivity contribution in [1.82, 2.24) is 15.5 Å². The van der Waals surface area contributed by atoms with Crippen LogP contribution < -0.4 is 5.32 Å². The lowest BCUT2D eigenvalue weighted by Crippen LogP contribution is -2.21. The number of nitrogens with zero attached hydrogens (tertiary/aromatic N) is 1. The van der Waals surface area contributed by atoms with E-state index in [0.29, 0.717) is 11.4 Å². The van der Waals surface area contributed by atoms with Crippen LogP contribution in [0.25, 0.3) is 0 Å². The van der Waals surface area contributed by atoms with Gasteiger partial charge in [0.25, 0.3) is 5.91 Å². The first-order valence-electron chi connectivity index (χ1n) is 4.27. The molecule has 0 aliphatic heterocycles. The van der Waals surface area contributed by atoms with Gasteiger partial charge >= 0.3 is 0 Å². The first-order chi connectivity index (χ1) is 7.25. The molecule has 0 saturated carbocycles. The summed E-state index contributed by atoms with van der Waals surface area (Å²) in [6.07, 6.45) is 1.60. The number of carbonyl (C=O) groups excluding carboxylic acids is 1. The highest BCUT2D eigenvalue weighted by Gasteiger charge is 2.08. The molecule has 0 saturated heterocycles. The van der Waals surface area contributed by atoms with E-state index in [1.54, 1.807) is 12.3 Å². The van der Waals surface area contributed by atoms with Gasteiger partial charge in [-0.05, 0) is 18.2 Å². The van der Waals surface area contributed by atoms with E-state index in [4.69, 9.17) is 0 Å². The molecule has 2 N–H and O–H groups in total. The van der Waals surface area contributed by atoms with Crippen LogP contribution in [-0.2, 0) is 6.54 Å². The van der Waals surface area contributed by atoms with E-state index in [1.807, 2.05) is 0 Å². The molecule has 2 aromatic heterocycles. The number of halogens is 1. The van der Waals surface area contributed by atoms with Gasteiger partial charge in [-0.25, -0.2) is 0 Å². The van der Waals surface area contributed by atoms with Gasteiger partial charge in [-0.1, -0.05) is 0 Å². The number of nitrogens with one attached hydrogen (secondary N) is 2. The highest BCUT2D eigenvalue weighted by Crippen LogP contribution is 2.13. The summed E-state index contributed by atoms with van der Waals surface area (Å²) in [5.41, 5.74) is 0.806. The van der Waals surface area contributed by atoms with E-state index < -0.39 is 0 Å². The Morgan fingerprint density at radius 3 is 3.00 bits per heavy atom. The van der Waals surface area contributed by atoms with Crippen LogP contribution in [0, 0.1) is 5.13 Å². The monoisotopic (exact) mass is 225 g/mol. The van der Waals surface area contributed by atoms with Crippen molar-refractivity contribution in [2.45, 2.75) is 6.54 Å². The summed E-state index contributed by atoms with van der Waals surface area (Å²) in [5.74, 6) is -0.279. The third-order valence-electron chi connectivity index (χ3n) is 1.79. The van der Waals surface area contributed by atoms with Crippen molar-refractivity contribution in [2.75, 3.05) is 0 Å². The Bertz CT molecular complexity index is 452. The van der Waals surface area contributed by atoms with Gasteiger partial charge in [-0.3, -0.25) is 9.89 Å². The minimum Gasteiger partial charge on any atom is -0.346 e. The minimum absolute atomic E-state index is 0.279. The molecule has 4 nitrogen and oxygen atoms in total. The number of hydrogen-bond acceptors (Lipinski definition) is 3. The molecule has 15 heavy (non-hydrogen) atoms. The number of amides is 1. The summed E-state index contributed by atoms with van der Waals surface area (Å²) < 4.78 is 12.6. The second kappa shape index (κ2) is 4.22. The molecule has 0 atom stereocenters. The number of thiophene rings is 1. The quantitative estimate of drug-likeness (QED) is 0.832. The molecule has 0 spiro atoms. The number of rotatable bonds is 3. The van der Waals surface area contributed by atoms with Crippen LogP contribution >= 0.6 is 11.3 Å². The van der Waals surface area contributed by atoms with Crippen LogP contribution in [0.4, 0.5) is 4.39 Å². The molecule has 0 radical (unpaired) electrons. The maximum Gasteiger partial charge on any atom is 0.261 e. The van der Waals surface area contributed by atoms with Crippen molar-refractivity contribution in [3.63, 3.8) is 0 Å². The molecule has 78 valence electrons. The number of aromatic amines is 1. The average molecular weight is 225 g/mol. The van der Waals surface area contributed by atoms with Crippen molar-refractivity contribution < 1.29 is 9.18 Å². The van der Waals surface area contributed by atoms with Gasteiger partial charge in [0, 0.05) is 6.20 Å². The Hall–Kier alpha value is -1.69. The SMILES string of the molecule is O=C(NCc1ccn[nH]1)c1ccc(F)s1. The summed E-state index contributed by atoms with van der Waals surface area (Å²) in [6.45, 7) is 0.359. The predicted octanol–water partition coefficient (Wildman–Crippen LogP) is 1.54. The van der Waals surface area contributed by atoms with Crippen LogP contribution in [0.2, 0.25) is 0 Å². The lowest BCUT2D eigenvalue weighted by Gasteiger charge is -2.00. The number of hydrogen-bond donors (Lipinski definition) is 2. The summed E-state index contributed by atoms with van der Waals surface area (Å²) >= 11 is 0.829. The highest BCUT2D eigenvalue weighted by atomic mass is 32.1. The number of H-pyrrole nitrogens is 1. The summed E-state index contributed by atoms with van der Waals surface area (Å²) in [4.78, 5) is 11.8. The van der Waals surface area contributed by atoms with Gasteiger partial charge in [0.2, 0.25) is 0 Å². The van der Waals surface area contributed by atoms with Gasteiger partial charge in [0.15, 0.2) is 5.13 Å². The Labute approximate surface area is 89.1 Å². The van der Waals surface area contributed by atoms with Crippen molar-refractivity contribution in [1.29, 1.82) is 0 Å². The summed E-state index contributed by atoms with van der Waals surface area (Å²) in [7, 11) is 0. The molecule has 6 heteroatoms. The normalized spacial score (nSPS) is 10.2. The highest BCUT2D eigenvalue weighted by molar-refractivity contribution is 7.12. The Balaban J connectivity index is 1.93. The van der Waals surface area contributed by atoms with Crippen LogP contribution in [0.1, 0.15) is 15.4 Å². The average Bonchev–Trinajstić information content (AvgIpc) is 2.84. The first kappa shape index (κ1) is 9.85. The zero-order valence-corrected chi connectivity index (χ0v) is 8.47. The molecule has 2 rings (SSSR count). The second-order valence-corrected chi connectivity index (χ2v) is 3.90. The van der Waals surface area contributed by atoms with E-state index in [9.17, 15) is 9.18 Å². The van der Waals surface area contributed by atoms with Gasteiger partial charge in [-0.2, -0.15) is 9.49 Å². The zero-order valence-electron chi connectivity index (χ0n) is 7.66. The van der Waals surface area contributed by atoms with Gasteiger partial charge in [0.1, 0.15) is 0 Å². The lowest BCUT2D eigenvalue weighted by atomic mass is 10.4. The molecule has 0 aliphatic rings. The zero-order chi connectivity index (χ0) is 10.7. The van der Waals surface area contributed by atoms with Gasteiger partial charge in [0.05, 0.1) is 17.1 Å². The molecular weight excluding hydrogens is 217 g/mol. The molecule has 0 fully saturated rings. The topological polar surface area (TPSA) is 57.8 Å². The van der Waals surface area contributed by atoms with Crippen LogP contribution in [0.15, 0.2) is 24.4 Å². The largest absolute Gasteiger partial charge is 0.346 e. The molecule has 0 aliphatic carbocycles. The van der Waals surface area contributed by atoms with Crippen LogP contribution in [0.5, 0.6) is 0 Å². The number of carbonyl (C=O) groups is 1. The van der Waals surface area contributed by atoms with E-state index >= 15 is 0 Å². The Morgan fingerprint density at radius 2 is 2.40 bits per heavy atom. The summed E-state index contributed by atoms with van der Waals surface area (Å²) in [6, 6.07) is 4.49. The Kier molecular flexibility index (Phi) is 2.77. The molecule has 0 bridgehead atoms. The fourth-order valence-corrected chi connectivity index (χ4v) is 1.73. The maximum atomic E-state index is 12.6. The molecule has 2 heterocycles. The molecular formula is C9H8FN3OS. The van der Waals surface area contributed by atoms with E-state index in [0.717, 1.165) is 17.0 Å². The second-order valence-electron chi connectivity index (χ2n) is 2.87. The fraction of sp³-hybridized carbons (Fsp3) is 0.111. The van der Waals surface area contributed by atoms with Crippen molar-refractivity contribution in [3.05, 3.63) is 40.1 Å². The molecule has 0 aromatic carbocycles. The molecule has 0 unspecified atom stereocenters. The Morgan fingerprint density at radius 1 is 1.53 bits per heavy atom. The van der Waals surface area contributed by atoms with Crippen molar-refractivity contribution in [2.24, 2.45) is 0 Å². The summed E-state index contributed by atoms with van der Waals surface area (Å²) in [5, 5.41) is 8.75. The van der Waals surface area contributed by atoms with E-state index in [1.165, 1.54) is 12.1 Å². The fourth-order valence-electron chi connectivity index (χ4n) is 1.08. The predicted molar refractivity (Wildman–Crippen MR) is 54.0 cm³/mol. The van der Waals surface area contributed by atoms with Gasteiger partial charge < -0.3 is 5.32 Å². The molecule has 1 amide bonds. The van der Waals surface area contributed by atoms with E-state index in [-0.39, 0.29) is 11.0 Å². The third-order valence-corrected chi connectivity index (χ3v) is 2.67. The van der Waals surface area contributed by atoms with Crippen LogP contribution in [-0.4, -0.2) is 16.1 Å². The van der Waals surface area contributed by atoms with Gasteiger partial charge in [-0.15, -0.1) is 11.3 Å². The van der Waals surface area contributed by atoms with Crippen molar-refractivity contribution in [3.8, 4) is 0 Å². The third kappa shape index (κ3) is 2.41. The smallest absolute Gasteiger partial charge is 0.261 e. The first-order valence-corrected chi connectivity index (χ1v) is 5.09. The lowest BCUT2D eigenvalue weighted by molar-refractivity contribution is 0.0954. The number of aromatic nitrogens is 2. The molecule has 2 aromatic rings. The maximum absolute atomic E-state index is 12.6. The van der Waals surface area contributed by atoms with E-state index in [2.05, 4.69) is 15.5 Å². The van der Waals surface area contributed by atoms with Crippen LogP contribution in [0.3, 0.4) is 0 Å². The minimum atomic E-state index is -0.360. The standard InChI is InChI=1S/C9H8FN3OS/c10-8-2-1-7(15-8)9(14)11-5-6-3-4-12-13-6/h1-4H,5H2,(H,11,14)(H,12,13). The van der Waals surface area contributed by atoms with Crippen molar-refractivity contribution >= 4 is 17.2 Å².